The molecule has 0 saturated heterocycles. The van der Waals surface area contributed by atoms with Gasteiger partial charge in [0.25, 0.3) is 11.8 Å². The number of ether oxygens (including phenoxy) is 4. The van der Waals surface area contributed by atoms with Crippen LogP contribution in [0.2, 0.25) is 0 Å². The predicted molar refractivity (Wildman–Crippen MR) is 246 cm³/mol. The van der Waals surface area contributed by atoms with E-state index in [1.807, 2.05) is 38.6 Å². The van der Waals surface area contributed by atoms with Crippen molar-refractivity contribution in [1.29, 1.82) is 0 Å². The Morgan fingerprint density at radius 3 is 1.11 bits per heavy atom. The third-order valence-electron chi connectivity index (χ3n) is 10.4. The summed E-state index contributed by atoms with van der Waals surface area (Å²) in [7, 11) is 10.6. The van der Waals surface area contributed by atoms with E-state index in [4.69, 9.17) is 18.9 Å². The number of aryl methyl sites for hydroxylation is 6. The summed E-state index contributed by atoms with van der Waals surface area (Å²) in [6.45, 7) is 5.90. The molecule has 0 bridgehead atoms. The molecular formula is C46H66N14O6. The van der Waals surface area contributed by atoms with Crippen LogP contribution in [0.5, 0.6) is 23.0 Å². The van der Waals surface area contributed by atoms with Gasteiger partial charge < -0.3 is 29.6 Å². The number of carbonyl (C=O) groups is 2. The quantitative estimate of drug-likeness (QED) is 0.0665. The topological polar surface area (TPSA) is 218 Å². The Balaban J connectivity index is 0.000000251. The molecule has 2 amide bonds. The van der Waals surface area contributed by atoms with E-state index in [0.717, 1.165) is 111 Å². The smallest absolute Gasteiger partial charge is 0.251 e. The summed E-state index contributed by atoms with van der Waals surface area (Å²) in [5.41, 5.74) is 6.32. The molecule has 2 aromatic carbocycles. The Morgan fingerprint density at radius 1 is 0.470 bits per heavy atom. The van der Waals surface area contributed by atoms with Gasteiger partial charge in [-0.2, -0.15) is 0 Å². The third-order valence-corrected chi connectivity index (χ3v) is 10.4. The van der Waals surface area contributed by atoms with Crippen molar-refractivity contribution >= 4 is 11.8 Å². The molecule has 0 atom stereocenters. The number of hydrogen-bond acceptors (Lipinski definition) is 14. The van der Waals surface area contributed by atoms with Crippen molar-refractivity contribution in [1.82, 2.24) is 70.6 Å². The van der Waals surface area contributed by atoms with E-state index in [2.05, 4.69) is 65.7 Å². The van der Waals surface area contributed by atoms with Crippen LogP contribution in [0.3, 0.4) is 0 Å². The number of benzene rings is 2. The first-order valence-electron chi connectivity index (χ1n) is 22.7. The van der Waals surface area contributed by atoms with Crippen LogP contribution in [0, 0.1) is 0 Å². The minimum atomic E-state index is -0.217. The van der Waals surface area contributed by atoms with Crippen LogP contribution in [-0.4, -0.2) is 99.1 Å². The predicted octanol–water partition coefficient (Wildman–Crippen LogP) is 5.25. The Morgan fingerprint density at radius 2 is 0.803 bits per heavy atom. The SMILES string of the molecule is CCCCc1c(OCCCCc2cn(C)nn2)cc(C(=O)NC)cc1OCCCCc1cn(C)nn1.CCCCc1c(OCc2cn(C)nn2)cc(C(=O)NC)cc1OCc1cn(C)nn1. The summed E-state index contributed by atoms with van der Waals surface area (Å²) in [6.07, 6.45) is 18.5. The van der Waals surface area contributed by atoms with Gasteiger partial charge in [-0.25, -0.2) is 0 Å². The van der Waals surface area contributed by atoms with Gasteiger partial charge in [-0.15, -0.1) is 20.4 Å². The Hall–Kier alpha value is -6.86. The molecule has 20 heteroatoms. The molecule has 0 radical (unpaired) electrons. The molecule has 4 heterocycles. The third kappa shape index (κ3) is 15.7. The van der Waals surface area contributed by atoms with E-state index in [0.29, 0.717) is 47.2 Å². The fourth-order valence-electron chi connectivity index (χ4n) is 6.93. The number of carbonyl (C=O) groups excluding carboxylic acids is 2. The number of nitrogens with zero attached hydrogens (tertiary/aromatic N) is 12. The standard InChI is InChI=1S/C26H39N7O3.C20H27N7O3/c1-5-6-13-23-24(35-14-9-7-11-21-18-32(3)30-28-21)16-20(26(34)27-2)17-25(23)36-15-10-8-12-22-19-33(4)31-29-22;1-5-6-7-17-18(29-12-15-10-26(3)24-22-15)8-14(20(28)21-2)9-19(17)30-13-16-11-27(4)25-23-16/h16-19H,5-15H2,1-4H3,(H,27,34);8-11H,5-7,12-13H2,1-4H3,(H,21,28). The van der Waals surface area contributed by atoms with Gasteiger partial charge in [0.2, 0.25) is 0 Å². The van der Waals surface area contributed by atoms with E-state index in [1.165, 1.54) is 0 Å². The van der Waals surface area contributed by atoms with Gasteiger partial charge in [0.1, 0.15) is 47.6 Å². The summed E-state index contributed by atoms with van der Waals surface area (Å²) < 4.78 is 31.2. The first kappa shape index (κ1) is 50.1. The van der Waals surface area contributed by atoms with Crippen LogP contribution in [0.4, 0.5) is 0 Å². The van der Waals surface area contributed by atoms with E-state index in [-0.39, 0.29) is 25.0 Å². The highest BCUT2D eigenvalue weighted by molar-refractivity contribution is 5.95. The number of hydrogen-bond donors (Lipinski definition) is 2. The monoisotopic (exact) mass is 911 g/mol. The molecule has 0 aliphatic carbocycles. The molecule has 356 valence electrons. The molecule has 0 saturated carbocycles. The number of amides is 2. The van der Waals surface area contributed by atoms with Crippen molar-refractivity contribution in [3.05, 3.63) is 94.1 Å². The van der Waals surface area contributed by atoms with Crippen molar-refractivity contribution in [2.24, 2.45) is 28.2 Å². The number of unbranched alkanes of at least 4 members (excludes halogenated alkanes) is 4. The molecule has 0 spiro atoms. The summed E-state index contributed by atoms with van der Waals surface area (Å²) in [5, 5.41) is 37.6. The van der Waals surface area contributed by atoms with Crippen molar-refractivity contribution in [3.8, 4) is 23.0 Å². The Kier molecular flexibility index (Phi) is 19.9. The zero-order chi connectivity index (χ0) is 47.3. The van der Waals surface area contributed by atoms with E-state index in [9.17, 15) is 9.59 Å². The molecule has 20 nitrogen and oxygen atoms in total. The van der Waals surface area contributed by atoms with Crippen LogP contribution >= 0.6 is 0 Å². The molecule has 0 unspecified atom stereocenters. The van der Waals surface area contributed by atoms with Crippen LogP contribution in [0.1, 0.15) is 120 Å². The average molecular weight is 911 g/mol. The molecular weight excluding hydrogens is 845 g/mol. The number of rotatable bonds is 26. The van der Waals surface area contributed by atoms with Gasteiger partial charge in [0.15, 0.2) is 0 Å². The molecule has 0 aliphatic rings. The fourth-order valence-corrected chi connectivity index (χ4v) is 6.93. The van der Waals surface area contributed by atoms with Crippen LogP contribution in [-0.2, 0) is 67.1 Å². The summed E-state index contributed by atoms with van der Waals surface area (Å²) in [4.78, 5) is 24.8. The first-order valence-corrected chi connectivity index (χ1v) is 22.7. The second kappa shape index (κ2) is 26.2. The van der Waals surface area contributed by atoms with Gasteiger partial charge >= 0.3 is 0 Å². The highest BCUT2D eigenvalue weighted by Crippen LogP contribution is 2.35. The normalized spacial score (nSPS) is 10.9. The second-order valence-corrected chi connectivity index (χ2v) is 16.0. The van der Waals surface area contributed by atoms with Crippen LogP contribution in [0.25, 0.3) is 0 Å². The maximum Gasteiger partial charge on any atom is 0.251 e. The summed E-state index contributed by atoms with van der Waals surface area (Å²) in [5.74, 6) is 2.30. The van der Waals surface area contributed by atoms with Crippen molar-refractivity contribution in [3.63, 3.8) is 0 Å². The van der Waals surface area contributed by atoms with Crippen LogP contribution < -0.4 is 29.6 Å². The molecule has 6 aromatic rings. The lowest BCUT2D eigenvalue weighted by molar-refractivity contribution is 0.0954. The largest absolute Gasteiger partial charge is 0.493 e. The maximum atomic E-state index is 12.5. The highest BCUT2D eigenvalue weighted by atomic mass is 16.5. The lowest BCUT2D eigenvalue weighted by Gasteiger charge is -2.18. The van der Waals surface area contributed by atoms with Crippen molar-refractivity contribution in [2.45, 2.75) is 104 Å². The van der Waals surface area contributed by atoms with Gasteiger partial charge in [-0.1, -0.05) is 47.5 Å². The van der Waals surface area contributed by atoms with Crippen molar-refractivity contribution < 1.29 is 28.5 Å². The molecule has 66 heavy (non-hydrogen) atoms. The zero-order valence-electron chi connectivity index (χ0n) is 39.7. The fraction of sp³-hybridized carbons (Fsp3) is 0.522. The van der Waals surface area contributed by atoms with Crippen LogP contribution in [0.15, 0.2) is 49.1 Å². The second-order valence-electron chi connectivity index (χ2n) is 16.0. The van der Waals surface area contributed by atoms with Gasteiger partial charge in [-0.05, 0) is 88.5 Å². The first-order chi connectivity index (χ1) is 32.0. The van der Waals surface area contributed by atoms with Gasteiger partial charge in [0, 0.05) is 76.9 Å². The number of nitrogens with one attached hydrogen (secondary N) is 2. The molecule has 4 aromatic heterocycles. The minimum Gasteiger partial charge on any atom is -0.493 e. The number of aromatic nitrogens is 12. The van der Waals surface area contributed by atoms with Gasteiger partial charge in [-0.3, -0.25) is 28.3 Å². The minimum absolute atomic E-state index is 0.156. The summed E-state index contributed by atoms with van der Waals surface area (Å²) >= 11 is 0. The van der Waals surface area contributed by atoms with E-state index >= 15 is 0 Å². The molecule has 0 aliphatic heterocycles. The van der Waals surface area contributed by atoms with Crippen molar-refractivity contribution in [2.75, 3.05) is 27.3 Å². The highest BCUT2D eigenvalue weighted by Gasteiger charge is 2.19. The molecule has 0 fully saturated rings. The Bertz CT molecular complexity index is 2280. The molecule has 2 N–H and O–H groups in total. The van der Waals surface area contributed by atoms with E-state index in [1.54, 1.807) is 71.4 Å². The zero-order valence-corrected chi connectivity index (χ0v) is 39.7. The maximum absolute atomic E-state index is 12.5. The lowest BCUT2D eigenvalue weighted by atomic mass is 10.0. The Labute approximate surface area is 386 Å². The lowest BCUT2D eigenvalue weighted by Crippen LogP contribution is -2.18. The van der Waals surface area contributed by atoms with E-state index < -0.39 is 0 Å². The average Bonchev–Trinajstić information content (AvgIpc) is 4.14. The molecule has 6 rings (SSSR count). The van der Waals surface area contributed by atoms with Gasteiger partial charge in [0.05, 0.1) is 37.0 Å². The summed E-state index contributed by atoms with van der Waals surface area (Å²) in [6, 6.07) is 7.17.